The first-order valence-electron chi connectivity index (χ1n) is 6.68. The van der Waals surface area contributed by atoms with Crippen LogP contribution >= 0.6 is 0 Å². The molecule has 0 saturated heterocycles. The number of ketones is 1. The van der Waals surface area contributed by atoms with Gasteiger partial charge in [0.2, 0.25) is 0 Å². The van der Waals surface area contributed by atoms with Crippen LogP contribution in [0.2, 0.25) is 0 Å². The van der Waals surface area contributed by atoms with Gasteiger partial charge in [0.1, 0.15) is 0 Å². The second-order valence-corrected chi connectivity index (χ2v) is 4.70. The van der Waals surface area contributed by atoms with E-state index in [1.165, 1.54) is 0 Å². The third-order valence-corrected chi connectivity index (χ3v) is 3.43. The monoisotopic (exact) mass is 245 g/mol. The second kappa shape index (κ2) is 5.34. The van der Waals surface area contributed by atoms with Crippen molar-refractivity contribution >= 4 is 17.4 Å². The molecule has 1 heterocycles. The quantitative estimate of drug-likeness (QED) is 0.590. The van der Waals surface area contributed by atoms with E-state index in [0.717, 1.165) is 36.9 Å². The normalized spacial score (nSPS) is 14.2. The van der Waals surface area contributed by atoms with Crippen LogP contribution in [0.15, 0.2) is 18.2 Å². The van der Waals surface area contributed by atoms with Gasteiger partial charge in [-0.15, -0.1) is 0 Å². The minimum Gasteiger partial charge on any atom is -0.305 e. The maximum atomic E-state index is 11.9. The van der Waals surface area contributed by atoms with Crippen molar-refractivity contribution in [3.8, 4) is 0 Å². The van der Waals surface area contributed by atoms with Crippen LogP contribution in [0.3, 0.4) is 0 Å². The summed E-state index contributed by atoms with van der Waals surface area (Å²) in [6.07, 6.45) is 4.02. The first-order chi connectivity index (χ1) is 8.69. The zero-order valence-corrected chi connectivity index (χ0v) is 11.0. The molecule has 18 heavy (non-hydrogen) atoms. The number of carbonyl (C=O) groups is 2. The fraction of sp³-hybridized carbons (Fsp3) is 0.467. The molecule has 2 rings (SSSR count). The lowest BCUT2D eigenvalue weighted by molar-refractivity contribution is -0.114. The molecule has 1 aromatic carbocycles. The van der Waals surface area contributed by atoms with Crippen LogP contribution in [0.1, 0.15) is 49.0 Å². The Labute approximate surface area is 108 Å². The molecule has 3 nitrogen and oxygen atoms in total. The third-order valence-electron chi connectivity index (χ3n) is 3.43. The van der Waals surface area contributed by atoms with Gasteiger partial charge in [0.15, 0.2) is 0 Å². The summed E-state index contributed by atoms with van der Waals surface area (Å²) in [5.74, 6) is -0.717. The van der Waals surface area contributed by atoms with Crippen molar-refractivity contribution in [1.82, 2.24) is 0 Å². The lowest BCUT2D eigenvalue weighted by Gasteiger charge is -2.16. The van der Waals surface area contributed by atoms with Crippen LogP contribution in [-0.2, 0) is 11.2 Å². The van der Waals surface area contributed by atoms with Gasteiger partial charge < -0.3 is 4.90 Å². The SMILES string of the molecule is CCCCCN1C(=O)C(=O)c2cc(CC)ccc21. The van der Waals surface area contributed by atoms with E-state index in [0.29, 0.717) is 12.1 Å². The summed E-state index contributed by atoms with van der Waals surface area (Å²) in [5, 5.41) is 0. The number of hydrogen-bond acceptors (Lipinski definition) is 2. The molecule has 0 aliphatic carbocycles. The Morgan fingerprint density at radius 1 is 1.11 bits per heavy atom. The molecule has 0 saturated carbocycles. The maximum absolute atomic E-state index is 11.9. The standard InChI is InChI=1S/C15H19NO2/c1-3-5-6-9-16-13-8-7-11(4-2)10-12(13)14(17)15(16)18/h7-8,10H,3-6,9H2,1-2H3. The molecule has 0 N–H and O–H groups in total. The Balaban J connectivity index is 2.26. The van der Waals surface area contributed by atoms with Gasteiger partial charge in [-0.2, -0.15) is 0 Å². The highest BCUT2D eigenvalue weighted by molar-refractivity contribution is 6.52. The smallest absolute Gasteiger partial charge is 0.299 e. The molecule has 3 heteroatoms. The van der Waals surface area contributed by atoms with Gasteiger partial charge in [0.05, 0.1) is 11.3 Å². The van der Waals surface area contributed by atoms with E-state index in [2.05, 4.69) is 6.92 Å². The van der Waals surface area contributed by atoms with Crippen LogP contribution in [0, 0.1) is 0 Å². The second-order valence-electron chi connectivity index (χ2n) is 4.70. The van der Waals surface area contributed by atoms with Crippen molar-refractivity contribution in [3.63, 3.8) is 0 Å². The molecule has 0 unspecified atom stereocenters. The Hall–Kier alpha value is -1.64. The zero-order chi connectivity index (χ0) is 13.1. The Morgan fingerprint density at radius 2 is 1.89 bits per heavy atom. The fourth-order valence-corrected chi connectivity index (χ4v) is 2.31. The van der Waals surface area contributed by atoms with Gasteiger partial charge in [0.25, 0.3) is 11.7 Å². The number of aryl methyl sites for hydroxylation is 1. The van der Waals surface area contributed by atoms with Crippen molar-refractivity contribution < 1.29 is 9.59 Å². The van der Waals surface area contributed by atoms with E-state index in [1.807, 2.05) is 25.1 Å². The summed E-state index contributed by atoms with van der Waals surface area (Å²) in [4.78, 5) is 25.5. The predicted octanol–water partition coefficient (Wildman–Crippen LogP) is 2.97. The number of Topliss-reactive ketones (excluding diaryl/α,β-unsaturated/α-hetero) is 1. The molecule has 0 fully saturated rings. The van der Waals surface area contributed by atoms with E-state index < -0.39 is 0 Å². The Bertz CT molecular complexity index is 479. The largest absolute Gasteiger partial charge is 0.305 e. The topological polar surface area (TPSA) is 37.4 Å². The maximum Gasteiger partial charge on any atom is 0.299 e. The van der Waals surface area contributed by atoms with E-state index in [4.69, 9.17) is 0 Å². The van der Waals surface area contributed by atoms with E-state index in [-0.39, 0.29) is 11.7 Å². The van der Waals surface area contributed by atoms with Crippen LogP contribution in [0.4, 0.5) is 5.69 Å². The molecular formula is C15H19NO2. The van der Waals surface area contributed by atoms with Crippen LogP contribution in [-0.4, -0.2) is 18.2 Å². The van der Waals surface area contributed by atoms with Gasteiger partial charge in [-0.3, -0.25) is 9.59 Å². The van der Waals surface area contributed by atoms with E-state index >= 15 is 0 Å². The van der Waals surface area contributed by atoms with E-state index in [1.54, 1.807) is 4.90 Å². The summed E-state index contributed by atoms with van der Waals surface area (Å²) in [7, 11) is 0. The van der Waals surface area contributed by atoms with Crippen LogP contribution < -0.4 is 4.90 Å². The van der Waals surface area contributed by atoms with Crippen molar-refractivity contribution in [2.45, 2.75) is 39.5 Å². The highest BCUT2D eigenvalue weighted by Crippen LogP contribution is 2.30. The van der Waals surface area contributed by atoms with Crippen molar-refractivity contribution in [1.29, 1.82) is 0 Å². The Kier molecular flexibility index (Phi) is 3.80. The van der Waals surface area contributed by atoms with E-state index in [9.17, 15) is 9.59 Å². The number of unbranched alkanes of at least 4 members (excludes halogenated alkanes) is 2. The molecule has 0 bridgehead atoms. The van der Waals surface area contributed by atoms with Crippen LogP contribution in [0.25, 0.3) is 0 Å². The number of amides is 1. The number of anilines is 1. The average molecular weight is 245 g/mol. The lowest BCUT2D eigenvalue weighted by atomic mass is 10.1. The highest BCUT2D eigenvalue weighted by Gasteiger charge is 2.35. The molecule has 1 aliphatic heterocycles. The molecule has 1 aromatic rings. The number of nitrogens with zero attached hydrogens (tertiary/aromatic N) is 1. The highest BCUT2D eigenvalue weighted by atomic mass is 16.2. The van der Waals surface area contributed by atoms with Crippen LogP contribution in [0.5, 0.6) is 0 Å². The molecule has 0 atom stereocenters. The summed E-state index contributed by atoms with van der Waals surface area (Å²) >= 11 is 0. The molecule has 96 valence electrons. The third kappa shape index (κ3) is 2.17. The molecule has 0 radical (unpaired) electrons. The number of rotatable bonds is 5. The molecule has 0 spiro atoms. The van der Waals surface area contributed by atoms with Gasteiger partial charge >= 0.3 is 0 Å². The first-order valence-corrected chi connectivity index (χ1v) is 6.68. The zero-order valence-electron chi connectivity index (χ0n) is 11.0. The van der Waals surface area contributed by atoms with Gasteiger partial charge in [-0.1, -0.05) is 32.8 Å². The lowest BCUT2D eigenvalue weighted by Crippen LogP contribution is -2.30. The average Bonchev–Trinajstić information content (AvgIpc) is 2.63. The van der Waals surface area contributed by atoms with Crippen molar-refractivity contribution in [2.75, 3.05) is 11.4 Å². The molecule has 1 amide bonds. The number of fused-ring (bicyclic) bond motifs is 1. The predicted molar refractivity (Wildman–Crippen MR) is 72.0 cm³/mol. The summed E-state index contributed by atoms with van der Waals surface area (Å²) in [6.45, 7) is 4.82. The molecular weight excluding hydrogens is 226 g/mol. The number of hydrogen-bond donors (Lipinski definition) is 0. The molecule has 0 aromatic heterocycles. The number of carbonyl (C=O) groups excluding carboxylic acids is 2. The first kappa shape index (κ1) is 12.8. The van der Waals surface area contributed by atoms with Gasteiger partial charge in [-0.05, 0) is 30.5 Å². The minimum atomic E-state index is -0.366. The van der Waals surface area contributed by atoms with Gasteiger partial charge in [-0.25, -0.2) is 0 Å². The summed E-state index contributed by atoms with van der Waals surface area (Å²) in [6, 6.07) is 5.76. The fourth-order valence-electron chi connectivity index (χ4n) is 2.31. The Morgan fingerprint density at radius 3 is 2.56 bits per heavy atom. The summed E-state index contributed by atoms with van der Waals surface area (Å²) < 4.78 is 0. The van der Waals surface area contributed by atoms with Crippen molar-refractivity contribution in [3.05, 3.63) is 29.3 Å². The molecule has 1 aliphatic rings. The summed E-state index contributed by atoms with van der Waals surface area (Å²) in [5.41, 5.74) is 2.47. The number of benzene rings is 1. The minimum absolute atomic E-state index is 0.350. The van der Waals surface area contributed by atoms with Gasteiger partial charge in [0, 0.05) is 6.54 Å². The van der Waals surface area contributed by atoms with Crippen molar-refractivity contribution in [2.24, 2.45) is 0 Å².